The van der Waals surface area contributed by atoms with Crippen LogP contribution in [-0.2, 0) is 0 Å². The summed E-state index contributed by atoms with van der Waals surface area (Å²) in [7, 11) is 0. The van der Waals surface area contributed by atoms with Gasteiger partial charge in [-0.1, -0.05) is 60.1 Å². The van der Waals surface area contributed by atoms with Gasteiger partial charge < -0.3 is 103 Å². The first-order valence-corrected chi connectivity index (χ1v) is 47.6. The first-order chi connectivity index (χ1) is 63.4. The normalized spacial score (nSPS) is 29.6. The molecule has 4 aromatic carbocycles. The molecule has 12 aromatic heterocycles. The molecule has 16 heterocycles. The van der Waals surface area contributed by atoms with E-state index in [0.29, 0.717) is 92.4 Å². The highest BCUT2D eigenvalue weighted by Crippen LogP contribution is 2.58. The van der Waals surface area contributed by atoms with Gasteiger partial charge in [-0.3, -0.25) is 0 Å². The zero-order chi connectivity index (χ0) is 91.6. The molecule has 8 fully saturated rings. The minimum atomic E-state index is -0.912. The van der Waals surface area contributed by atoms with Crippen molar-refractivity contribution in [2.45, 2.75) is 169 Å². The number of aliphatic hydroxyl groups excluding tert-OH is 8. The van der Waals surface area contributed by atoms with Crippen molar-refractivity contribution < 1.29 is 40.9 Å². The summed E-state index contributed by atoms with van der Waals surface area (Å²) in [6.07, 6.45) is 12.4. The van der Waals surface area contributed by atoms with E-state index in [1.807, 2.05) is 143 Å². The van der Waals surface area contributed by atoms with Crippen molar-refractivity contribution in [1.82, 2.24) is 99.3 Å². The molecule has 37 heteroatoms. The number of nitrogen functional groups attached to an aromatic ring is 4. The molecule has 20 N–H and O–H groups in total. The monoisotopic (exact) mass is 2050 g/mol. The Labute approximate surface area is 794 Å². The van der Waals surface area contributed by atoms with Gasteiger partial charge in [-0.2, -0.15) is 0 Å². The Balaban J connectivity index is 0.000000106. The number of anilines is 4. The summed E-state index contributed by atoms with van der Waals surface area (Å²) in [5, 5.41) is 111. The van der Waals surface area contributed by atoms with Gasteiger partial charge >= 0.3 is 0 Å². The van der Waals surface area contributed by atoms with E-state index in [1.165, 1.54) is 6.33 Å². The molecule has 20 atom stereocenters. The third-order valence-corrected chi connectivity index (χ3v) is 32.8. The summed E-state index contributed by atoms with van der Waals surface area (Å²) in [5.74, 6) is 1.84. The number of benzene rings is 4. The van der Waals surface area contributed by atoms with Crippen LogP contribution in [0.25, 0.3) is 87.7 Å². The second-order valence-corrected chi connectivity index (χ2v) is 41.2. The summed E-state index contributed by atoms with van der Waals surface area (Å²) >= 11 is 19.9. The molecule has 8 aliphatic rings. The Morgan fingerprint density at radius 3 is 0.811 bits per heavy atom. The van der Waals surface area contributed by atoms with Crippen molar-refractivity contribution >= 4 is 186 Å². The van der Waals surface area contributed by atoms with E-state index < -0.39 is 70.5 Å². The Kier molecular flexibility index (Phi) is 22.9. The molecule has 32 nitrogen and oxygen atoms in total. The van der Waals surface area contributed by atoms with Crippen LogP contribution in [0.15, 0.2) is 189 Å². The van der Waals surface area contributed by atoms with Gasteiger partial charge in [-0.15, -0.1) is 0 Å². The maximum absolute atomic E-state index is 11.2. The average molecular weight is 2060 g/mol. The van der Waals surface area contributed by atoms with Gasteiger partial charge in [0.1, 0.15) is 101 Å². The third kappa shape index (κ3) is 15.2. The number of fused-ring (bicyclic) bond motifs is 8. The van der Waals surface area contributed by atoms with Gasteiger partial charge in [-0.25, -0.2) is 59.8 Å². The largest absolute Gasteiger partial charge is 0.390 e. The first-order valence-electron chi connectivity index (χ1n) is 44.1. The van der Waals surface area contributed by atoms with Gasteiger partial charge in [-0.05, 0) is 231 Å². The smallest absolute Gasteiger partial charge is 0.145 e. The lowest BCUT2D eigenvalue weighted by Gasteiger charge is -2.27. The lowest BCUT2D eigenvalue weighted by Crippen LogP contribution is -2.38. The molecule has 132 heavy (non-hydrogen) atoms. The second-order valence-electron chi connectivity index (χ2n) is 37.4. The fourth-order valence-corrected chi connectivity index (χ4v) is 24.3. The lowest BCUT2D eigenvalue weighted by molar-refractivity contribution is -0.0218. The van der Waals surface area contributed by atoms with E-state index in [4.69, 9.17) is 34.5 Å². The second kappa shape index (κ2) is 34.1. The van der Waals surface area contributed by atoms with Gasteiger partial charge in [0.05, 0.1) is 111 Å². The number of hydrogen-bond acceptors (Lipinski definition) is 28. The molecule has 4 spiro atoms. The number of aliphatic hydroxyl groups is 8. The highest BCUT2D eigenvalue weighted by atomic mass is 79.9. The van der Waals surface area contributed by atoms with E-state index >= 15 is 0 Å². The molecule has 4 saturated carbocycles. The fraction of sp³-hybridized carbons (Fsp3) is 0.368. The van der Waals surface area contributed by atoms with E-state index in [9.17, 15) is 40.9 Å². The topological polar surface area (TPSA) is 488 Å². The van der Waals surface area contributed by atoms with Crippen molar-refractivity contribution in [3.05, 3.63) is 234 Å². The Hall–Kier alpha value is -10.1. The van der Waals surface area contributed by atoms with Crippen LogP contribution in [0.3, 0.4) is 0 Å². The molecule has 680 valence electrons. The number of nitrogens with one attached hydrogen (secondary N) is 4. The SMILES string of the molecule is Cc1ncnc2c1ccn2[C@@H]1C[C@@]2(CN[C@@H](c3ccc4cc(Br)c(N)nc4c3)C2)[C@@H](O)[C@H]1O.Cc1ncnc2c1ccn2[C@@H]1C[C@@]2(CN[C@H](c3ccc4cc(Br)c(N)nc4c3)C2)[C@@H](O)[C@H]1O.Cc1ncnc2c1ccn2[C@@H]1C[C@@]2(CN[C@H](c3ccc4cc(Br)c(N)nc4c3)C2)[C@@H](O)[C@H]1O.Nc1nc2cc([C@H]3C[C@@]4(CN3)C[C@@H](n3ccc5c(Cl)ncnc53)[C@H](O)[C@@H]4O)ccc2cc1Br. The average Bonchev–Trinajstić information content (AvgIpc) is 1.59. The predicted molar refractivity (Wildman–Crippen MR) is 519 cm³/mol. The van der Waals surface area contributed by atoms with Gasteiger partial charge in [0.15, 0.2) is 0 Å². The van der Waals surface area contributed by atoms with Crippen LogP contribution >= 0.6 is 75.3 Å². The molecule has 4 aliphatic heterocycles. The van der Waals surface area contributed by atoms with E-state index in [-0.39, 0.29) is 48.3 Å². The van der Waals surface area contributed by atoms with E-state index in [1.54, 1.807) is 19.0 Å². The van der Waals surface area contributed by atoms with Crippen LogP contribution in [0.2, 0.25) is 5.15 Å². The maximum atomic E-state index is 11.2. The minimum Gasteiger partial charge on any atom is -0.390 e. The van der Waals surface area contributed by atoms with E-state index in [2.05, 4.69) is 187 Å². The van der Waals surface area contributed by atoms with Crippen LogP contribution < -0.4 is 44.2 Å². The minimum absolute atomic E-state index is 0.0415. The van der Waals surface area contributed by atoms with Crippen LogP contribution in [-0.4, -0.2) is 194 Å². The molecular weight excluding hydrogens is 1960 g/mol. The van der Waals surface area contributed by atoms with Crippen LogP contribution in [0, 0.1) is 42.4 Å². The summed E-state index contributed by atoms with van der Waals surface area (Å²) in [6, 6.07) is 39.6. The molecule has 0 amide bonds. The Morgan fingerprint density at radius 2 is 0.553 bits per heavy atom. The number of nitrogens with two attached hydrogens (primary N) is 4. The highest BCUT2D eigenvalue weighted by Gasteiger charge is 2.61. The molecular formula is C95H97Br4ClN24O8. The zero-order valence-electron chi connectivity index (χ0n) is 71.8. The number of pyridine rings is 4. The van der Waals surface area contributed by atoms with Crippen molar-refractivity contribution in [3.63, 3.8) is 0 Å². The highest BCUT2D eigenvalue weighted by molar-refractivity contribution is 9.11. The molecule has 0 radical (unpaired) electrons. The number of halogens is 5. The van der Waals surface area contributed by atoms with E-state index in [0.717, 1.165) is 159 Å². The molecule has 24 rings (SSSR count). The fourth-order valence-electron chi connectivity index (χ4n) is 22.8. The molecule has 16 aromatic rings. The lowest BCUT2D eigenvalue weighted by atomic mass is 9.80. The molecule has 4 saturated heterocycles. The van der Waals surface area contributed by atoms with Gasteiger partial charge in [0.25, 0.3) is 0 Å². The van der Waals surface area contributed by atoms with Crippen LogP contribution in [0.1, 0.15) is 139 Å². The third-order valence-electron chi connectivity index (χ3n) is 30.0. The number of hydrogen-bond donors (Lipinski definition) is 16. The summed E-state index contributed by atoms with van der Waals surface area (Å²) < 4.78 is 11.0. The maximum Gasteiger partial charge on any atom is 0.145 e. The van der Waals surface area contributed by atoms with Crippen LogP contribution in [0.5, 0.6) is 0 Å². The summed E-state index contributed by atoms with van der Waals surface area (Å²) in [4.78, 5) is 52.5. The molecule has 0 bridgehead atoms. The quantitative estimate of drug-likeness (QED) is 0.0628. The van der Waals surface area contributed by atoms with Crippen molar-refractivity contribution in [2.24, 2.45) is 21.7 Å². The first kappa shape index (κ1) is 88.5. The predicted octanol–water partition coefficient (Wildman–Crippen LogP) is 12.4. The van der Waals surface area contributed by atoms with Crippen molar-refractivity contribution in [2.75, 3.05) is 49.1 Å². The van der Waals surface area contributed by atoms with Gasteiger partial charge in [0.2, 0.25) is 0 Å². The molecule has 0 unspecified atom stereocenters. The number of nitrogens with zero attached hydrogens (tertiary/aromatic N) is 16. The summed E-state index contributed by atoms with van der Waals surface area (Å²) in [5.41, 5.74) is 35.7. The number of rotatable bonds is 8. The van der Waals surface area contributed by atoms with Crippen molar-refractivity contribution in [3.8, 4) is 0 Å². The van der Waals surface area contributed by atoms with Gasteiger partial charge in [0, 0.05) is 134 Å². The zero-order valence-corrected chi connectivity index (χ0v) is 78.9. The van der Waals surface area contributed by atoms with Crippen LogP contribution in [0.4, 0.5) is 23.3 Å². The van der Waals surface area contributed by atoms with Crippen molar-refractivity contribution in [1.29, 1.82) is 0 Å². The summed E-state index contributed by atoms with van der Waals surface area (Å²) in [6.45, 7) is 8.36. The standard InChI is InChI=1S/3C24H25BrN6O2.C23H22BrClN6O2/c3*1-12-15-4-5-31(23(15)29-11-28-12)19-9-24(21(33)20(19)32)8-18(27-10-24)14-3-2-13-6-16(25)22(26)30-17(13)7-14;24-14-5-11-1-2-12(6-15(11)30-21(14)26)16-7-23(9-27-16)8-17(18(32)19(23)33)31-4-3-13-20(25)28-10-29-22(13)31/h3*2-7,11,18-21,27,32-33H,8-10H2,1H3,(H2,26,30);1-6,10,16-19,27,32-33H,7-9H2,(H2,26,30)/t2*18-,19+,20-,21-,24-;18-,19-,20+,21+,24+;16-,17-,18+,19+,23+/m0011/s1. The Bertz CT molecular complexity index is 6410. The number of aryl methyl sites for hydroxylation is 3. The number of aromatic nitrogens is 16. The molecule has 4 aliphatic carbocycles. The Morgan fingerprint density at radius 1 is 0.318 bits per heavy atom.